The van der Waals surface area contributed by atoms with Gasteiger partial charge in [-0.15, -0.1) is 0 Å². The predicted molar refractivity (Wildman–Crippen MR) is 131 cm³/mol. The number of unbranched alkanes of at least 4 members (excludes halogenated alkanes) is 2. The van der Waals surface area contributed by atoms with Crippen LogP contribution in [0.1, 0.15) is 42.9 Å². The Morgan fingerprint density at radius 1 is 0.697 bits per heavy atom. The van der Waals surface area contributed by atoms with E-state index in [0.29, 0.717) is 51.7 Å². The summed E-state index contributed by atoms with van der Waals surface area (Å²) in [6.45, 7) is 2.09. The van der Waals surface area contributed by atoms with Gasteiger partial charge in [0, 0.05) is 10.4 Å². The minimum Gasteiger partial charge on any atom is -0.206 e. The van der Waals surface area contributed by atoms with Gasteiger partial charge < -0.3 is 0 Å². The number of rotatable bonds is 8. The van der Waals surface area contributed by atoms with E-state index in [4.69, 9.17) is 11.6 Å². The van der Waals surface area contributed by atoms with Gasteiger partial charge in [0.05, 0.1) is 5.56 Å². The normalized spacial score (nSPS) is 11.3. The fourth-order valence-corrected chi connectivity index (χ4v) is 4.37. The third-order valence-corrected chi connectivity index (χ3v) is 6.34. The maximum absolute atomic E-state index is 15.2. The lowest BCUT2D eigenvalue weighted by Gasteiger charge is -2.11. The zero-order chi connectivity index (χ0) is 23.4. The van der Waals surface area contributed by atoms with Gasteiger partial charge in [-0.3, -0.25) is 0 Å². The van der Waals surface area contributed by atoms with Gasteiger partial charge in [0.25, 0.3) is 0 Å². The van der Waals surface area contributed by atoms with E-state index in [2.05, 4.69) is 6.92 Å². The Hall–Kier alpha value is -2.78. The lowest BCUT2D eigenvalue weighted by atomic mass is 9.95. The SMILES string of the molecule is CCCCCc1cc(F)c(-c2ccc3c(F)c(CCc4ccc(Cl)cc4)ccc3c2)c(F)c1. The third-order valence-electron chi connectivity index (χ3n) is 6.09. The highest BCUT2D eigenvalue weighted by atomic mass is 35.5. The quantitative estimate of drug-likeness (QED) is 0.227. The largest absolute Gasteiger partial charge is 0.206 e. The van der Waals surface area contributed by atoms with E-state index in [-0.39, 0.29) is 11.4 Å². The van der Waals surface area contributed by atoms with E-state index >= 15 is 4.39 Å². The summed E-state index contributed by atoms with van der Waals surface area (Å²) < 4.78 is 44.8. The van der Waals surface area contributed by atoms with E-state index in [9.17, 15) is 8.78 Å². The maximum atomic E-state index is 15.2. The first-order valence-electron chi connectivity index (χ1n) is 11.4. The summed E-state index contributed by atoms with van der Waals surface area (Å²) in [6.07, 6.45) is 4.89. The van der Waals surface area contributed by atoms with Crippen LogP contribution in [0.25, 0.3) is 21.9 Å². The van der Waals surface area contributed by atoms with E-state index < -0.39 is 11.6 Å². The maximum Gasteiger partial charge on any atom is 0.134 e. The Balaban J connectivity index is 1.58. The number of benzene rings is 4. The Morgan fingerprint density at radius 3 is 2.12 bits per heavy atom. The van der Waals surface area contributed by atoms with Crippen molar-refractivity contribution < 1.29 is 13.2 Å². The molecule has 0 N–H and O–H groups in total. The number of hydrogen-bond acceptors (Lipinski definition) is 0. The first-order chi connectivity index (χ1) is 16.0. The molecule has 0 saturated heterocycles. The van der Waals surface area contributed by atoms with E-state index in [1.54, 1.807) is 24.3 Å². The van der Waals surface area contributed by atoms with Gasteiger partial charge in [-0.05, 0) is 83.7 Å². The van der Waals surface area contributed by atoms with Crippen molar-refractivity contribution in [3.63, 3.8) is 0 Å². The molecule has 0 amide bonds. The summed E-state index contributed by atoms with van der Waals surface area (Å²) in [5, 5.41) is 1.74. The number of fused-ring (bicyclic) bond motifs is 1. The zero-order valence-corrected chi connectivity index (χ0v) is 19.4. The van der Waals surface area contributed by atoms with Crippen LogP contribution in [0.5, 0.6) is 0 Å². The van der Waals surface area contributed by atoms with Crippen LogP contribution in [-0.4, -0.2) is 0 Å². The highest BCUT2D eigenvalue weighted by Gasteiger charge is 2.15. The van der Waals surface area contributed by atoms with Crippen molar-refractivity contribution in [2.45, 2.75) is 45.4 Å². The van der Waals surface area contributed by atoms with Crippen LogP contribution in [-0.2, 0) is 19.3 Å². The lowest BCUT2D eigenvalue weighted by molar-refractivity contribution is 0.584. The highest BCUT2D eigenvalue weighted by molar-refractivity contribution is 6.30. The molecule has 0 aliphatic heterocycles. The molecule has 0 bridgehead atoms. The topological polar surface area (TPSA) is 0 Å². The third kappa shape index (κ3) is 5.42. The zero-order valence-electron chi connectivity index (χ0n) is 18.6. The minimum atomic E-state index is -0.582. The molecule has 0 spiro atoms. The molecule has 0 heterocycles. The van der Waals surface area contributed by atoms with Gasteiger partial charge in [-0.25, -0.2) is 13.2 Å². The molecule has 170 valence electrons. The first kappa shape index (κ1) is 23.4. The molecule has 4 heteroatoms. The second-order valence-electron chi connectivity index (χ2n) is 8.49. The Labute approximate surface area is 198 Å². The second kappa shape index (κ2) is 10.4. The molecule has 4 aromatic carbocycles. The summed E-state index contributed by atoms with van der Waals surface area (Å²) in [6, 6.07) is 18.8. The van der Waals surface area contributed by atoms with Crippen LogP contribution < -0.4 is 0 Å². The van der Waals surface area contributed by atoms with Crippen molar-refractivity contribution >= 4 is 22.4 Å². The summed E-state index contributed by atoms with van der Waals surface area (Å²) in [7, 11) is 0. The molecular formula is C29H26ClF3. The van der Waals surface area contributed by atoms with Gasteiger partial charge >= 0.3 is 0 Å². The molecule has 0 atom stereocenters. The van der Waals surface area contributed by atoms with Gasteiger partial charge in [-0.2, -0.15) is 0 Å². The van der Waals surface area contributed by atoms with Gasteiger partial charge in [0.1, 0.15) is 17.5 Å². The molecule has 33 heavy (non-hydrogen) atoms. The van der Waals surface area contributed by atoms with Crippen molar-refractivity contribution in [2.75, 3.05) is 0 Å². The van der Waals surface area contributed by atoms with Crippen molar-refractivity contribution in [3.05, 3.63) is 106 Å². The lowest BCUT2D eigenvalue weighted by Crippen LogP contribution is -1.97. The molecule has 0 aromatic heterocycles. The summed E-state index contributed by atoms with van der Waals surface area (Å²) >= 11 is 5.92. The Bertz CT molecular complexity index is 1240. The molecule has 0 radical (unpaired) electrons. The van der Waals surface area contributed by atoms with E-state index in [1.165, 1.54) is 12.1 Å². The monoisotopic (exact) mass is 466 g/mol. The van der Waals surface area contributed by atoms with E-state index in [0.717, 1.165) is 24.8 Å². The van der Waals surface area contributed by atoms with Crippen molar-refractivity contribution in [2.24, 2.45) is 0 Å². The van der Waals surface area contributed by atoms with E-state index in [1.807, 2.05) is 30.3 Å². The molecule has 4 aromatic rings. The van der Waals surface area contributed by atoms with Gasteiger partial charge in [-0.1, -0.05) is 67.8 Å². The predicted octanol–water partition coefficient (Wildman–Crippen LogP) is 9.10. The van der Waals surface area contributed by atoms with Gasteiger partial charge in [0.2, 0.25) is 0 Å². The van der Waals surface area contributed by atoms with Crippen LogP contribution in [0, 0.1) is 17.5 Å². The summed E-state index contributed by atoms with van der Waals surface area (Å²) in [5.74, 6) is -1.46. The Kier molecular flexibility index (Phi) is 7.39. The van der Waals surface area contributed by atoms with Crippen LogP contribution in [0.3, 0.4) is 0 Å². The molecule has 0 nitrogen and oxygen atoms in total. The average Bonchev–Trinajstić information content (AvgIpc) is 2.79. The highest BCUT2D eigenvalue weighted by Crippen LogP contribution is 2.32. The van der Waals surface area contributed by atoms with Crippen LogP contribution >= 0.6 is 11.6 Å². The fourth-order valence-electron chi connectivity index (χ4n) is 4.24. The average molecular weight is 467 g/mol. The molecule has 0 aliphatic rings. The van der Waals surface area contributed by atoms with Gasteiger partial charge in [0.15, 0.2) is 0 Å². The molecule has 0 unspecified atom stereocenters. The van der Waals surface area contributed by atoms with Crippen molar-refractivity contribution in [1.82, 2.24) is 0 Å². The fraction of sp³-hybridized carbons (Fsp3) is 0.241. The number of hydrogen-bond donors (Lipinski definition) is 0. The van der Waals surface area contributed by atoms with Crippen molar-refractivity contribution in [1.29, 1.82) is 0 Å². The summed E-state index contributed by atoms with van der Waals surface area (Å²) in [5.41, 5.74) is 2.70. The number of aryl methyl sites for hydroxylation is 3. The molecule has 0 aliphatic carbocycles. The molecule has 4 rings (SSSR count). The van der Waals surface area contributed by atoms with Crippen LogP contribution in [0.15, 0.2) is 66.7 Å². The van der Waals surface area contributed by atoms with Crippen LogP contribution in [0.4, 0.5) is 13.2 Å². The standard InChI is InChI=1S/C29H26ClF3/c1-2-3-4-5-20-16-26(31)28(27(32)17-20)23-12-15-25-22(18-23)11-10-21(29(25)33)9-6-19-7-13-24(30)14-8-19/h7-8,10-18H,2-6,9H2,1H3. The Morgan fingerprint density at radius 2 is 1.42 bits per heavy atom. The van der Waals surface area contributed by atoms with Crippen LogP contribution in [0.2, 0.25) is 5.02 Å². The molecular weight excluding hydrogens is 441 g/mol. The molecule has 0 fully saturated rings. The van der Waals surface area contributed by atoms with Crippen molar-refractivity contribution in [3.8, 4) is 11.1 Å². The molecule has 0 saturated carbocycles. The number of halogens is 4. The summed E-state index contributed by atoms with van der Waals surface area (Å²) in [4.78, 5) is 0. The minimum absolute atomic E-state index is 0.0663. The second-order valence-corrected chi connectivity index (χ2v) is 8.93. The first-order valence-corrected chi connectivity index (χ1v) is 11.8. The smallest absolute Gasteiger partial charge is 0.134 e.